The largest absolute Gasteiger partial charge is 0.399 e. The predicted molar refractivity (Wildman–Crippen MR) is 56.0 cm³/mol. The van der Waals surface area contributed by atoms with Crippen molar-refractivity contribution in [3.63, 3.8) is 0 Å². The number of nitrogens with zero attached hydrogens (tertiary/aromatic N) is 1. The number of halogens is 1. The second-order valence-corrected chi connectivity index (χ2v) is 3.05. The van der Waals surface area contributed by atoms with Crippen LogP contribution in [0.3, 0.4) is 0 Å². The van der Waals surface area contributed by atoms with Gasteiger partial charge in [0.1, 0.15) is 0 Å². The molecule has 0 saturated heterocycles. The Hall–Kier alpha value is -1.75. The third-order valence-corrected chi connectivity index (χ3v) is 1.62. The number of nitrogen functional groups attached to an aromatic ring is 1. The molecule has 0 aliphatic rings. The molecule has 0 spiro atoms. The van der Waals surface area contributed by atoms with Crippen molar-refractivity contribution in [1.82, 2.24) is 0 Å². The first kappa shape index (κ1) is 10.3. The number of guanidine groups is 1. The van der Waals surface area contributed by atoms with E-state index in [0.29, 0.717) is 10.7 Å². The highest BCUT2D eigenvalue weighted by Gasteiger charge is 2.06. The average Bonchev–Trinajstić information content (AvgIpc) is 2.00. The average molecular weight is 213 g/mol. The van der Waals surface area contributed by atoms with Gasteiger partial charge < -0.3 is 17.2 Å². The number of carbonyl (C=O) groups is 1. The second-order valence-electron chi connectivity index (χ2n) is 2.62. The summed E-state index contributed by atoms with van der Waals surface area (Å²) in [6.45, 7) is 0. The van der Waals surface area contributed by atoms with Gasteiger partial charge in [-0.2, -0.15) is 4.99 Å². The Morgan fingerprint density at radius 2 is 1.93 bits per heavy atom. The summed E-state index contributed by atoms with van der Waals surface area (Å²) in [5, 5.41) is 0.360. The number of amides is 1. The van der Waals surface area contributed by atoms with Gasteiger partial charge in [-0.3, -0.25) is 4.79 Å². The van der Waals surface area contributed by atoms with Crippen LogP contribution in [0, 0.1) is 0 Å². The number of nitrogens with two attached hydrogens (primary N) is 3. The number of carbonyl (C=O) groups excluding carboxylic acids is 1. The molecule has 0 unspecified atom stereocenters. The molecule has 6 heteroatoms. The van der Waals surface area contributed by atoms with Crippen LogP contribution in [0.25, 0.3) is 0 Å². The van der Waals surface area contributed by atoms with E-state index >= 15 is 0 Å². The van der Waals surface area contributed by atoms with Gasteiger partial charge in [0.05, 0.1) is 0 Å². The zero-order chi connectivity index (χ0) is 10.7. The molecule has 1 aromatic carbocycles. The van der Waals surface area contributed by atoms with Crippen LogP contribution in [0.4, 0.5) is 5.69 Å². The van der Waals surface area contributed by atoms with Crippen LogP contribution in [0.1, 0.15) is 10.4 Å². The van der Waals surface area contributed by atoms with Gasteiger partial charge in [-0.05, 0) is 18.2 Å². The Kier molecular flexibility index (Phi) is 2.93. The maximum atomic E-state index is 11.3. The van der Waals surface area contributed by atoms with Crippen molar-refractivity contribution in [2.75, 3.05) is 5.73 Å². The number of anilines is 1. The van der Waals surface area contributed by atoms with Crippen LogP contribution in [-0.2, 0) is 0 Å². The van der Waals surface area contributed by atoms with E-state index in [9.17, 15) is 4.79 Å². The molecule has 0 saturated carbocycles. The molecule has 0 heterocycles. The zero-order valence-electron chi connectivity index (χ0n) is 7.20. The Balaban J connectivity index is 3.08. The number of aliphatic imine (C=N–C) groups is 1. The molecule has 1 aromatic rings. The summed E-state index contributed by atoms with van der Waals surface area (Å²) in [6.07, 6.45) is 0. The van der Waals surface area contributed by atoms with Gasteiger partial charge >= 0.3 is 0 Å². The van der Waals surface area contributed by atoms with Crippen LogP contribution >= 0.6 is 11.6 Å². The lowest BCUT2D eigenvalue weighted by atomic mass is 10.2. The molecular weight excluding hydrogens is 204 g/mol. The lowest BCUT2D eigenvalue weighted by Crippen LogP contribution is -2.24. The third kappa shape index (κ3) is 2.63. The van der Waals surface area contributed by atoms with Crippen molar-refractivity contribution < 1.29 is 4.79 Å². The van der Waals surface area contributed by atoms with Crippen molar-refractivity contribution in [1.29, 1.82) is 0 Å². The Morgan fingerprint density at radius 3 is 2.43 bits per heavy atom. The molecule has 0 atom stereocenters. The highest BCUT2D eigenvalue weighted by atomic mass is 35.5. The third-order valence-electron chi connectivity index (χ3n) is 1.40. The van der Waals surface area contributed by atoms with Crippen molar-refractivity contribution >= 4 is 29.2 Å². The fraction of sp³-hybridized carbons (Fsp3) is 0. The van der Waals surface area contributed by atoms with Gasteiger partial charge in [0.25, 0.3) is 5.91 Å². The fourth-order valence-corrected chi connectivity index (χ4v) is 1.16. The molecule has 14 heavy (non-hydrogen) atoms. The molecule has 0 aromatic heterocycles. The zero-order valence-corrected chi connectivity index (χ0v) is 7.95. The van der Waals surface area contributed by atoms with Gasteiger partial charge in [0, 0.05) is 16.3 Å². The highest BCUT2D eigenvalue weighted by Crippen LogP contribution is 2.17. The molecular formula is C8H9ClN4O. The van der Waals surface area contributed by atoms with Crippen LogP contribution in [0.2, 0.25) is 5.02 Å². The van der Waals surface area contributed by atoms with Crippen molar-refractivity contribution in [3.8, 4) is 0 Å². The normalized spacial score (nSPS) is 9.50. The second kappa shape index (κ2) is 3.97. The van der Waals surface area contributed by atoms with Gasteiger partial charge in [0.2, 0.25) is 0 Å². The standard InChI is InChI=1S/C8H9ClN4O/c9-5-1-4(2-6(10)3-5)7(14)13-8(11)12/h1-3H,10H2,(H4,11,12,13,14). The quantitative estimate of drug-likeness (QED) is 0.354. The van der Waals surface area contributed by atoms with E-state index in [1.807, 2.05) is 0 Å². The molecule has 5 nitrogen and oxygen atoms in total. The lowest BCUT2D eigenvalue weighted by Gasteiger charge is -1.99. The summed E-state index contributed by atoms with van der Waals surface area (Å²) in [7, 11) is 0. The van der Waals surface area contributed by atoms with Gasteiger partial charge in [-0.1, -0.05) is 11.6 Å². The number of benzene rings is 1. The summed E-state index contributed by atoms with van der Waals surface area (Å²) in [5.74, 6) is -0.868. The Bertz CT molecular complexity index is 378. The van der Waals surface area contributed by atoms with Crippen molar-refractivity contribution in [2.45, 2.75) is 0 Å². The lowest BCUT2D eigenvalue weighted by molar-refractivity contribution is 0.100. The highest BCUT2D eigenvalue weighted by molar-refractivity contribution is 6.31. The van der Waals surface area contributed by atoms with E-state index in [1.165, 1.54) is 18.2 Å². The van der Waals surface area contributed by atoms with E-state index in [2.05, 4.69) is 4.99 Å². The predicted octanol–water partition coefficient (Wildman–Crippen LogP) is 0.336. The molecule has 0 fully saturated rings. The smallest absolute Gasteiger partial charge is 0.280 e. The van der Waals surface area contributed by atoms with Gasteiger partial charge in [-0.25, -0.2) is 0 Å². The Labute approximate surface area is 85.5 Å². The number of hydrogen-bond acceptors (Lipinski definition) is 2. The first-order valence-electron chi connectivity index (χ1n) is 3.69. The maximum absolute atomic E-state index is 11.3. The van der Waals surface area contributed by atoms with Crippen molar-refractivity contribution in [3.05, 3.63) is 28.8 Å². The summed E-state index contributed by atoms with van der Waals surface area (Å²) in [4.78, 5) is 14.6. The first-order valence-corrected chi connectivity index (χ1v) is 4.07. The van der Waals surface area contributed by atoms with E-state index in [1.54, 1.807) is 0 Å². The first-order chi connectivity index (χ1) is 6.49. The van der Waals surface area contributed by atoms with E-state index in [0.717, 1.165) is 0 Å². The molecule has 0 aliphatic carbocycles. The van der Waals surface area contributed by atoms with Crippen LogP contribution < -0.4 is 17.2 Å². The summed E-state index contributed by atoms with van der Waals surface area (Å²) in [5.41, 5.74) is 16.2. The molecule has 74 valence electrons. The SMILES string of the molecule is NC(N)=NC(=O)c1cc(N)cc(Cl)c1. The molecule has 1 rings (SSSR count). The van der Waals surface area contributed by atoms with E-state index in [4.69, 9.17) is 28.8 Å². The molecule has 0 radical (unpaired) electrons. The molecule has 6 N–H and O–H groups in total. The summed E-state index contributed by atoms with van der Waals surface area (Å²) in [6, 6.07) is 4.40. The van der Waals surface area contributed by atoms with Gasteiger partial charge in [0.15, 0.2) is 5.96 Å². The van der Waals surface area contributed by atoms with E-state index in [-0.39, 0.29) is 11.5 Å². The maximum Gasteiger partial charge on any atom is 0.280 e. The van der Waals surface area contributed by atoms with Crippen LogP contribution in [-0.4, -0.2) is 11.9 Å². The summed E-state index contributed by atoms with van der Waals surface area (Å²) < 4.78 is 0. The molecule has 0 bridgehead atoms. The monoisotopic (exact) mass is 212 g/mol. The minimum atomic E-state index is -0.570. The number of rotatable bonds is 1. The Morgan fingerprint density at radius 1 is 1.29 bits per heavy atom. The minimum absolute atomic E-state index is 0.253. The topological polar surface area (TPSA) is 107 Å². The molecule has 1 amide bonds. The van der Waals surface area contributed by atoms with E-state index < -0.39 is 5.91 Å². The number of hydrogen-bond donors (Lipinski definition) is 3. The van der Waals surface area contributed by atoms with Crippen LogP contribution in [0.15, 0.2) is 23.2 Å². The van der Waals surface area contributed by atoms with Crippen molar-refractivity contribution in [2.24, 2.45) is 16.5 Å². The van der Waals surface area contributed by atoms with Gasteiger partial charge in [-0.15, -0.1) is 0 Å². The summed E-state index contributed by atoms with van der Waals surface area (Å²) >= 11 is 5.69. The minimum Gasteiger partial charge on any atom is -0.399 e. The fourth-order valence-electron chi connectivity index (χ4n) is 0.918. The van der Waals surface area contributed by atoms with Crippen LogP contribution in [0.5, 0.6) is 0 Å². The molecule has 0 aliphatic heterocycles.